The first-order chi connectivity index (χ1) is 9.60. The van der Waals surface area contributed by atoms with Crippen LogP contribution < -0.4 is 0 Å². The summed E-state index contributed by atoms with van der Waals surface area (Å²) in [6, 6.07) is 0. The molecule has 0 spiro atoms. The lowest BCUT2D eigenvalue weighted by atomic mass is 9.84. The van der Waals surface area contributed by atoms with Crippen molar-refractivity contribution in [1.29, 1.82) is 0 Å². The summed E-state index contributed by atoms with van der Waals surface area (Å²) in [6.45, 7) is 7.40. The molecule has 2 aliphatic heterocycles. The molecule has 0 N–H and O–H groups in total. The minimum Gasteiger partial charge on any atom is -0.469 e. The monoisotopic (exact) mass is 283 g/mol. The largest absolute Gasteiger partial charge is 0.469 e. The first-order valence-electron chi connectivity index (χ1n) is 7.77. The third-order valence-electron chi connectivity index (χ3n) is 4.89. The van der Waals surface area contributed by atoms with Crippen LogP contribution in [0.2, 0.25) is 0 Å². The van der Waals surface area contributed by atoms with Crippen molar-refractivity contribution in [1.82, 2.24) is 14.7 Å². The number of rotatable bonds is 4. The summed E-state index contributed by atoms with van der Waals surface area (Å²) in [7, 11) is 5.84. The van der Waals surface area contributed by atoms with Gasteiger partial charge in [-0.15, -0.1) is 0 Å². The Morgan fingerprint density at radius 2 is 1.60 bits per heavy atom. The maximum atomic E-state index is 12.2. The molecule has 0 aromatic rings. The van der Waals surface area contributed by atoms with Gasteiger partial charge in [0.25, 0.3) is 0 Å². The molecule has 0 radical (unpaired) electrons. The first-order valence-corrected chi connectivity index (χ1v) is 7.77. The summed E-state index contributed by atoms with van der Waals surface area (Å²) in [6.07, 6.45) is 2.23. The summed E-state index contributed by atoms with van der Waals surface area (Å²) < 4.78 is 5.07. The van der Waals surface area contributed by atoms with Gasteiger partial charge in [-0.25, -0.2) is 0 Å². The van der Waals surface area contributed by atoms with E-state index in [2.05, 4.69) is 28.8 Å². The number of ether oxygens (including phenoxy) is 1. The summed E-state index contributed by atoms with van der Waals surface area (Å²) in [5, 5.41) is 0. The summed E-state index contributed by atoms with van der Waals surface area (Å²) >= 11 is 0. The SMILES string of the molecule is COC(=O)C(CN1CCN(C)CC1)C1CCN(C)CC1. The molecule has 0 aliphatic carbocycles. The second-order valence-electron chi connectivity index (χ2n) is 6.37. The molecule has 2 heterocycles. The van der Waals surface area contributed by atoms with Crippen LogP contribution in [0.25, 0.3) is 0 Å². The number of nitrogens with zero attached hydrogens (tertiary/aromatic N) is 3. The highest BCUT2D eigenvalue weighted by atomic mass is 16.5. The van der Waals surface area contributed by atoms with Crippen LogP contribution in [0, 0.1) is 11.8 Å². The molecule has 0 aromatic heterocycles. The molecule has 0 aromatic carbocycles. The van der Waals surface area contributed by atoms with Gasteiger partial charge >= 0.3 is 5.97 Å². The Morgan fingerprint density at radius 1 is 1.05 bits per heavy atom. The number of piperidine rings is 1. The second kappa shape index (κ2) is 7.38. The highest BCUT2D eigenvalue weighted by Gasteiger charge is 2.33. The van der Waals surface area contributed by atoms with Gasteiger partial charge in [0.15, 0.2) is 0 Å². The number of carbonyl (C=O) groups is 1. The lowest BCUT2D eigenvalue weighted by molar-refractivity contribution is -0.149. The van der Waals surface area contributed by atoms with Gasteiger partial charge in [-0.05, 0) is 45.9 Å². The predicted molar refractivity (Wildman–Crippen MR) is 79.7 cm³/mol. The molecule has 2 fully saturated rings. The number of piperazine rings is 1. The van der Waals surface area contributed by atoms with Gasteiger partial charge < -0.3 is 14.5 Å². The lowest BCUT2D eigenvalue weighted by Crippen LogP contribution is -2.49. The van der Waals surface area contributed by atoms with Crippen LogP contribution in [0.15, 0.2) is 0 Å². The van der Waals surface area contributed by atoms with Crippen LogP contribution in [-0.4, -0.2) is 87.7 Å². The van der Waals surface area contributed by atoms with Gasteiger partial charge in [-0.3, -0.25) is 9.69 Å². The van der Waals surface area contributed by atoms with E-state index in [1.54, 1.807) is 0 Å². The van der Waals surface area contributed by atoms with Gasteiger partial charge in [-0.1, -0.05) is 0 Å². The Labute approximate surface area is 122 Å². The van der Waals surface area contributed by atoms with Crippen LogP contribution in [0.5, 0.6) is 0 Å². The topological polar surface area (TPSA) is 36.0 Å². The van der Waals surface area contributed by atoms with Gasteiger partial charge in [0.1, 0.15) is 0 Å². The van der Waals surface area contributed by atoms with Gasteiger partial charge in [0, 0.05) is 32.7 Å². The van der Waals surface area contributed by atoms with Crippen molar-refractivity contribution in [3.05, 3.63) is 0 Å². The van der Waals surface area contributed by atoms with E-state index in [4.69, 9.17) is 4.74 Å². The van der Waals surface area contributed by atoms with E-state index in [0.717, 1.165) is 58.7 Å². The van der Waals surface area contributed by atoms with Crippen LogP contribution in [0.3, 0.4) is 0 Å². The molecule has 2 aliphatic rings. The van der Waals surface area contributed by atoms with E-state index in [1.807, 2.05) is 0 Å². The maximum Gasteiger partial charge on any atom is 0.310 e. The number of hydrogen-bond donors (Lipinski definition) is 0. The van der Waals surface area contributed by atoms with Gasteiger partial charge in [0.05, 0.1) is 13.0 Å². The minimum absolute atomic E-state index is 0.0153. The molecule has 0 saturated carbocycles. The third-order valence-corrected chi connectivity index (χ3v) is 4.89. The fourth-order valence-corrected chi connectivity index (χ4v) is 3.31. The molecule has 20 heavy (non-hydrogen) atoms. The van der Waals surface area contributed by atoms with Crippen LogP contribution >= 0.6 is 0 Å². The fourth-order valence-electron chi connectivity index (χ4n) is 3.31. The number of hydrogen-bond acceptors (Lipinski definition) is 5. The number of methoxy groups -OCH3 is 1. The van der Waals surface area contributed by atoms with Crippen molar-refractivity contribution in [2.24, 2.45) is 11.8 Å². The van der Waals surface area contributed by atoms with Gasteiger partial charge in [-0.2, -0.15) is 0 Å². The smallest absolute Gasteiger partial charge is 0.310 e. The highest BCUT2D eigenvalue weighted by molar-refractivity contribution is 5.73. The van der Waals surface area contributed by atoms with E-state index in [-0.39, 0.29) is 11.9 Å². The normalized spacial score (nSPS) is 25.6. The van der Waals surface area contributed by atoms with Crippen LogP contribution in [0.1, 0.15) is 12.8 Å². The zero-order valence-electron chi connectivity index (χ0n) is 13.2. The molecule has 2 rings (SSSR count). The molecule has 5 nitrogen and oxygen atoms in total. The molecule has 116 valence electrons. The molecule has 0 amide bonds. The second-order valence-corrected chi connectivity index (χ2v) is 6.37. The Bertz CT molecular complexity index is 308. The molecule has 1 unspecified atom stereocenters. The Morgan fingerprint density at radius 3 is 2.15 bits per heavy atom. The third kappa shape index (κ3) is 4.17. The summed E-state index contributed by atoms with van der Waals surface area (Å²) in [4.78, 5) is 19.3. The highest BCUT2D eigenvalue weighted by Crippen LogP contribution is 2.26. The maximum absolute atomic E-state index is 12.2. The minimum atomic E-state index is -0.0153. The average Bonchev–Trinajstić information content (AvgIpc) is 2.47. The van der Waals surface area contributed by atoms with E-state index in [9.17, 15) is 4.79 Å². The zero-order valence-corrected chi connectivity index (χ0v) is 13.2. The Kier molecular flexibility index (Phi) is 5.81. The fraction of sp³-hybridized carbons (Fsp3) is 0.933. The van der Waals surface area contributed by atoms with Crippen LogP contribution in [-0.2, 0) is 9.53 Å². The number of likely N-dealkylation sites (N-methyl/N-ethyl adjacent to an activating group) is 1. The van der Waals surface area contributed by atoms with Crippen molar-refractivity contribution in [2.45, 2.75) is 12.8 Å². The predicted octanol–water partition coefficient (Wildman–Crippen LogP) is 0.365. The van der Waals surface area contributed by atoms with Crippen molar-refractivity contribution in [3.63, 3.8) is 0 Å². The van der Waals surface area contributed by atoms with Crippen molar-refractivity contribution in [2.75, 3.05) is 67.0 Å². The van der Waals surface area contributed by atoms with E-state index < -0.39 is 0 Å². The molecular formula is C15H29N3O2. The first kappa shape index (κ1) is 15.7. The number of carbonyl (C=O) groups excluding carboxylic acids is 1. The van der Waals surface area contributed by atoms with Crippen LogP contribution in [0.4, 0.5) is 0 Å². The average molecular weight is 283 g/mol. The molecule has 0 bridgehead atoms. The zero-order chi connectivity index (χ0) is 14.5. The molecule has 2 saturated heterocycles. The lowest BCUT2D eigenvalue weighted by Gasteiger charge is -2.38. The number of likely N-dealkylation sites (tertiary alicyclic amines) is 1. The standard InChI is InChI=1S/C15H29N3O2/c1-16-6-4-13(5-7-16)14(15(19)20-3)12-18-10-8-17(2)9-11-18/h13-14H,4-12H2,1-3H3. The summed E-state index contributed by atoms with van der Waals surface area (Å²) in [5.41, 5.74) is 0. The quantitative estimate of drug-likeness (QED) is 0.697. The number of esters is 1. The Hall–Kier alpha value is -0.650. The Balaban J connectivity index is 1.91. The van der Waals surface area contributed by atoms with E-state index in [1.165, 1.54) is 7.11 Å². The molecule has 5 heteroatoms. The summed E-state index contributed by atoms with van der Waals surface area (Å²) in [5.74, 6) is 0.522. The van der Waals surface area contributed by atoms with Crippen molar-refractivity contribution < 1.29 is 9.53 Å². The van der Waals surface area contributed by atoms with E-state index >= 15 is 0 Å². The van der Waals surface area contributed by atoms with E-state index in [0.29, 0.717) is 5.92 Å². The van der Waals surface area contributed by atoms with Crippen molar-refractivity contribution in [3.8, 4) is 0 Å². The van der Waals surface area contributed by atoms with Gasteiger partial charge in [0.2, 0.25) is 0 Å². The van der Waals surface area contributed by atoms with Crippen molar-refractivity contribution >= 4 is 5.97 Å². The molecule has 1 atom stereocenters. The molecular weight excluding hydrogens is 254 g/mol.